The van der Waals surface area contributed by atoms with Gasteiger partial charge in [-0.3, -0.25) is 4.79 Å². The molecule has 0 aromatic heterocycles. The SMILES string of the molecule is O=C(CCNc1ccccc1C(F)(F)F)Nc1ccccc1. The van der Waals surface area contributed by atoms with Crippen LogP contribution in [0.4, 0.5) is 24.5 Å². The zero-order chi connectivity index (χ0) is 16.0. The van der Waals surface area contributed by atoms with Gasteiger partial charge in [0, 0.05) is 24.3 Å². The Bertz CT molecular complexity index is 627. The van der Waals surface area contributed by atoms with Crippen molar-refractivity contribution in [1.82, 2.24) is 0 Å². The Hall–Kier alpha value is -2.50. The van der Waals surface area contributed by atoms with Crippen LogP contribution >= 0.6 is 0 Å². The Morgan fingerprint density at radius 3 is 2.27 bits per heavy atom. The number of rotatable bonds is 5. The Morgan fingerprint density at radius 1 is 0.955 bits per heavy atom. The summed E-state index contributed by atoms with van der Waals surface area (Å²) in [7, 11) is 0. The Labute approximate surface area is 126 Å². The van der Waals surface area contributed by atoms with Gasteiger partial charge in [0.05, 0.1) is 5.56 Å². The number of hydrogen-bond donors (Lipinski definition) is 2. The average molecular weight is 308 g/mol. The minimum atomic E-state index is -4.42. The van der Waals surface area contributed by atoms with Crippen LogP contribution in [0.2, 0.25) is 0 Å². The lowest BCUT2D eigenvalue weighted by molar-refractivity contribution is -0.137. The van der Waals surface area contributed by atoms with E-state index >= 15 is 0 Å². The van der Waals surface area contributed by atoms with Gasteiger partial charge in [-0.15, -0.1) is 0 Å². The zero-order valence-electron chi connectivity index (χ0n) is 11.7. The molecule has 0 saturated carbocycles. The van der Waals surface area contributed by atoms with Gasteiger partial charge < -0.3 is 10.6 Å². The molecule has 0 radical (unpaired) electrons. The van der Waals surface area contributed by atoms with Gasteiger partial charge in [-0.05, 0) is 24.3 Å². The highest BCUT2D eigenvalue weighted by Gasteiger charge is 2.32. The summed E-state index contributed by atoms with van der Waals surface area (Å²) in [5, 5.41) is 5.33. The second kappa shape index (κ2) is 6.98. The summed E-state index contributed by atoms with van der Waals surface area (Å²) < 4.78 is 38.4. The number of benzene rings is 2. The van der Waals surface area contributed by atoms with Crippen molar-refractivity contribution in [2.45, 2.75) is 12.6 Å². The Balaban J connectivity index is 1.88. The van der Waals surface area contributed by atoms with E-state index in [1.807, 2.05) is 6.07 Å². The fourth-order valence-corrected chi connectivity index (χ4v) is 1.94. The third kappa shape index (κ3) is 4.51. The number of halogens is 3. The monoisotopic (exact) mass is 308 g/mol. The summed E-state index contributed by atoms with van der Waals surface area (Å²) in [6.07, 6.45) is -4.35. The van der Waals surface area contributed by atoms with Crippen LogP contribution in [0.3, 0.4) is 0 Å². The van der Waals surface area contributed by atoms with E-state index in [0.717, 1.165) is 6.07 Å². The van der Waals surface area contributed by atoms with Gasteiger partial charge in [-0.25, -0.2) is 0 Å². The molecule has 2 aromatic carbocycles. The molecule has 2 N–H and O–H groups in total. The molecule has 0 aliphatic carbocycles. The van der Waals surface area contributed by atoms with Crippen LogP contribution in [-0.2, 0) is 11.0 Å². The normalized spacial score (nSPS) is 11.0. The molecule has 2 rings (SSSR count). The molecule has 1 amide bonds. The van der Waals surface area contributed by atoms with Gasteiger partial charge in [-0.2, -0.15) is 13.2 Å². The van der Waals surface area contributed by atoms with Crippen LogP contribution in [0.1, 0.15) is 12.0 Å². The third-order valence-corrected chi connectivity index (χ3v) is 2.96. The molecule has 2 aromatic rings. The lowest BCUT2D eigenvalue weighted by atomic mass is 10.1. The molecule has 0 aliphatic rings. The smallest absolute Gasteiger partial charge is 0.384 e. The largest absolute Gasteiger partial charge is 0.418 e. The number of carbonyl (C=O) groups is 1. The maximum Gasteiger partial charge on any atom is 0.418 e. The predicted octanol–water partition coefficient (Wildman–Crippen LogP) is 4.15. The van der Waals surface area contributed by atoms with Gasteiger partial charge in [0.1, 0.15) is 0 Å². The average Bonchev–Trinajstić information content (AvgIpc) is 2.48. The van der Waals surface area contributed by atoms with Gasteiger partial charge in [0.25, 0.3) is 0 Å². The molecule has 0 saturated heterocycles. The van der Waals surface area contributed by atoms with E-state index in [4.69, 9.17) is 0 Å². The second-order valence-electron chi connectivity index (χ2n) is 4.63. The maximum absolute atomic E-state index is 12.8. The number of carbonyl (C=O) groups excluding carboxylic acids is 1. The second-order valence-corrected chi connectivity index (χ2v) is 4.63. The highest BCUT2D eigenvalue weighted by atomic mass is 19.4. The third-order valence-electron chi connectivity index (χ3n) is 2.96. The minimum Gasteiger partial charge on any atom is -0.384 e. The zero-order valence-corrected chi connectivity index (χ0v) is 11.7. The minimum absolute atomic E-state index is 0.0255. The van der Waals surface area contributed by atoms with Gasteiger partial charge in [-0.1, -0.05) is 30.3 Å². The molecule has 0 aliphatic heterocycles. The summed E-state index contributed by atoms with van der Waals surface area (Å²) in [4.78, 5) is 11.7. The highest BCUT2D eigenvalue weighted by molar-refractivity contribution is 5.90. The first-order valence-electron chi connectivity index (χ1n) is 6.72. The molecule has 0 heterocycles. The van der Waals surface area contributed by atoms with Crippen LogP contribution in [0, 0.1) is 0 Å². The van der Waals surface area contributed by atoms with Crippen molar-refractivity contribution >= 4 is 17.3 Å². The number of amides is 1. The molecule has 0 spiro atoms. The standard InChI is InChI=1S/C16H15F3N2O/c17-16(18,19)13-8-4-5-9-14(13)20-11-10-15(22)21-12-6-2-1-3-7-12/h1-9,20H,10-11H2,(H,21,22). The summed E-state index contributed by atoms with van der Waals surface area (Å²) in [5.74, 6) is -0.261. The van der Waals surface area contributed by atoms with E-state index in [2.05, 4.69) is 10.6 Å². The first-order chi connectivity index (χ1) is 10.5. The van der Waals surface area contributed by atoms with E-state index in [-0.39, 0.29) is 24.6 Å². The number of alkyl halides is 3. The molecule has 6 heteroatoms. The predicted molar refractivity (Wildman–Crippen MR) is 79.6 cm³/mol. The summed E-state index contributed by atoms with van der Waals surface area (Å²) >= 11 is 0. The number of para-hydroxylation sites is 2. The summed E-state index contributed by atoms with van der Waals surface area (Å²) in [6.45, 7) is 0.117. The van der Waals surface area contributed by atoms with Crippen molar-refractivity contribution in [2.75, 3.05) is 17.2 Å². The van der Waals surface area contributed by atoms with E-state index < -0.39 is 11.7 Å². The summed E-state index contributed by atoms with van der Waals surface area (Å²) in [5.41, 5.74) is -0.107. The lowest BCUT2D eigenvalue weighted by Crippen LogP contribution is -2.17. The van der Waals surface area contributed by atoms with E-state index in [9.17, 15) is 18.0 Å². The van der Waals surface area contributed by atoms with E-state index in [1.54, 1.807) is 24.3 Å². The van der Waals surface area contributed by atoms with E-state index in [1.165, 1.54) is 18.2 Å². The molecule has 22 heavy (non-hydrogen) atoms. The maximum atomic E-state index is 12.8. The van der Waals surface area contributed by atoms with Gasteiger partial charge in [0.2, 0.25) is 5.91 Å². The Kier molecular flexibility index (Phi) is 5.04. The molecule has 3 nitrogen and oxygen atoms in total. The molecule has 0 atom stereocenters. The highest BCUT2D eigenvalue weighted by Crippen LogP contribution is 2.34. The van der Waals surface area contributed by atoms with Crippen LogP contribution in [0.15, 0.2) is 54.6 Å². The summed E-state index contributed by atoms with van der Waals surface area (Å²) in [6, 6.07) is 14.1. The lowest BCUT2D eigenvalue weighted by Gasteiger charge is -2.14. The number of hydrogen-bond acceptors (Lipinski definition) is 2. The topological polar surface area (TPSA) is 41.1 Å². The van der Waals surface area contributed by atoms with Crippen molar-refractivity contribution in [2.24, 2.45) is 0 Å². The van der Waals surface area contributed by atoms with Gasteiger partial charge in [0.15, 0.2) is 0 Å². The fourth-order valence-electron chi connectivity index (χ4n) is 1.94. The van der Waals surface area contributed by atoms with Crippen molar-refractivity contribution in [3.8, 4) is 0 Å². The molecule has 0 unspecified atom stereocenters. The first-order valence-corrected chi connectivity index (χ1v) is 6.72. The fraction of sp³-hybridized carbons (Fsp3) is 0.188. The first kappa shape index (κ1) is 15.9. The number of nitrogens with one attached hydrogen (secondary N) is 2. The molecular weight excluding hydrogens is 293 g/mol. The van der Waals surface area contributed by atoms with Crippen LogP contribution in [0.5, 0.6) is 0 Å². The van der Waals surface area contributed by atoms with Crippen LogP contribution in [-0.4, -0.2) is 12.5 Å². The van der Waals surface area contributed by atoms with Crippen molar-refractivity contribution < 1.29 is 18.0 Å². The van der Waals surface area contributed by atoms with Crippen molar-refractivity contribution in [1.29, 1.82) is 0 Å². The molecule has 116 valence electrons. The van der Waals surface area contributed by atoms with Crippen LogP contribution < -0.4 is 10.6 Å². The molecule has 0 bridgehead atoms. The van der Waals surface area contributed by atoms with Crippen molar-refractivity contribution in [3.63, 3.8) is 0 Å². The molecular formula is C16H15F3N2O. The van der Waals surface area contributed by atoms with Gasteiger partial charge >= 0.3 is 6.18 Å². The quantitative estimate of drug-likeness (QED) is 0.871. The molecule has 0 fully saturated rings. The Morgan fingerprint density at radius 2 is 1.59 bits per heavy atom. The van der Waals surface area contributed by atoms with Crippen molar-refractivity contribution in [3.05, 3.63) is 60.2 Å². The van der Waals surface area contributed by atoms with Crippen LogP contribution in [0.25, 0.3) is 0 Å². The van der Waals surface area contributed by atoms with E-state index in [0.29, 0.717) is 5.69 Å². The number of anilines is 2.